The van der Waals surface area contributed by atoms with Crippen molar-refractivity contribution in [2.45, 2.75) is 6.92 Å². The van der Waals surface area contributed by atoms with E-state index in [0.29, 0.717) is 22.2 Å². The van der Waals surface area contributed by atoms with Crippen molar-refractivity contribution < 1.29 is 9.31 Å². The molecule has 0 atom stereocenters. The maximum absolute atomic E-state index is 14.0. The molecular formula is C17H11FN4O2. The summed E-state index contributed by atoms with van der Waals surface area (Å²) in [6.45, 7) is 1.66. The van der Waals surface area contributed by atoms with E-state index in [0.717, 1.165) is 6.07 Å². The standard InChI is InChI=1S/C17H11FN4O2/c1-10-2-4-13-12(16(10)22(23)24)6-7-20-17(13)21-15-5-3-11(9-19)8-14(15)18/h2-8H,1H3,(H,20,21). The number of halogens is 1. The van der Waals surface area contributed by atoms with Crippen LogP contribution in [0, 0.1) is 34.2 Å². The summed E-state index contributed by atoms with van der Waals surface area (Å²) in [5.74, 6) is -0.298. The molecule has 0 fully saturated rings. The van der Waals surface area contributed by atoms with E-state index in [4.69, 9.17) is 5.26 Å². The summed E-state index contributed by atoms with van der Waals surface area (Å²) in [7, 11) is 0. The first-order valence-electron chi connectivity index (χ1n) is 7.00. The summed E-state index contributed by atoms with van der Waals surface area (Å²) >= 11 is 0. The van der Waals surface area contributed by atoms with Crippen molar-refractivity contribution >= 4 is 28.0 Å². The highest BCUT2D eigenvalue weighted by Gasteiger charge is 2.18. The van der Waals surface area contributed by atoms with Gasteiger partial charge in [-0.05, 0) is 37.3 Å². The van der Waals surface area contributed by atoms with Gasteiger partial charge in [-0.2, -0.15) is 5.26 Å². The van der Waals surface area contributed by atoms with Gasteiger partial charge in [0.15, 0.2) is 0 Å². The first kappa shape index (κ1) is 15.4. The highest BCUT2D eigenvalue weighted by atomic mass is 19.1. The van der Waals surface area contributed by atoms with E-state index in [9.17, 15) is 14.5 Å². The summed E-state index contributed by atoms with van der Waals surface area (Å²) in [6, 6.07) is 10.8. The molecule has 6 nitrogen and oxygen atoms in total. The van der Waals surface area contributed by atoms with Crippen LogP contribution in [0.25, 0.3) is 10.8 Å². The van der Waals surface area contributed by atoms with Crippen molar-refractivity contribution in [3.8, 4) is 6.07 Å². The summed E-state index contributed by atoms with van der Waals surface area (Å²) in [4.78, 5) is 15.0. The fourth-order valence-corrected chi connectivity index (χ4v) is 2.50. The van der Waals surface area contributed by atoms with Crippen LogP contribution in [-0.4, -0.2) is 9.91 Å². The zero-order chi connectivity index (χ0) is 17.3. The normalized spacial score (nSPS) is 10.4. The Morgan fingerprint density at radius 1 is 1.25 bits per heavy atom. The van der Waals surface area contributed by atoms with Gasteiger partial charge in [0.1, 0.15) is 11.6 Å². The largest absolute Gasteiger partial charge is 0.337 e. The Bertz CT molecular complexity index is 1010. The molecule has 1 heterocycles. The molecular weight excluding hydrogens is 311 g/mol. The molecule has 0 spiro atoms. The average Bonchev–Trinajstić information content (AvgIpc) is 2.56. The van der Waals surface area contributed by atoms with Crippen molar-refractivity contribution in [2.75, 3.05) is 5.32 Å². The number of hydrogen-bond donors (Lipinski definition) is 1. The van der Waals surface area contributed by atoms with Crippen LogP contribution in [0.5, 0.6) is 0 Å². The molecule has 0 aliphatic rings. The van der Waals surface area contributed by atoms with Gasteiger partial charge in [0, 0.05) is 17.1 Å². The Labute approximate surface area is 136 Å². The minimum absolute atomic E-state index is 0.00162. The van der Waals surface area contributed by atoms with E-state index in [1.54, 1.807) is 25.1 Å². The van der Waals surface area contributed by atoms with E-state index in [1.165, 1.54) is 18.3 Å². The zero-order valence-corrected chi connectivity index (χ0v) is 12.6. The van der Waals surface area contributed by atoms with Gasteiger partial charge in [0.2, 0.25) is 0 Å². The molecule has 0 saturated heterocycles. The van der Waals surface area contributed by atoms with Crippen LogP contribution in [0.4, 0.5) is 21.6 Å². The second kappa shape index (κ2) is 5.93. The van der Waals surface area contributed by atoms with Crippen molar-refractivity contribution in [1.82, 2.24) is 4.98 Å². The Morgan fingerprint density at radius 3 is 2.71 bits per heavy atom. The van der Waals surface area contributed by atoms with Gasteiger partial charge in [-0.15, -0.1) is 0 Å². The lowest BCUT2D eigenvalue weighted by molar-refractivity contribution is -0.383. The van der Waals surface area contributed by atoms with Crippen LogP contribution in [0.15, 0.2) is 42.6 Å². The number of pyridine rings is 1. The number of anilines is 2. The van der Waals surface area contributed by atoms with Crippen LogP contribution >= 0.6 is 0 Å². The number of nitrogens with one attached hydrogen (secondary N) is 1. The Kier molecular flexibility index (Phi) is 3.80. The topological polar surface area (TPSA) is 91.8 Å². The maximum atomic E-state index is 14.0. The molecule has 3 rings (SSSR count). The molecule has 0 bridgehead atoms. The third-order valence-electron chi connectivity index (χ3n) is 3.65. The fourth-order valence-electron chi connectivity index (χ4n) is 2.50. The quantitative estimate of drug-likeness (QED) is 0.576. The molecule has 2 aromatic carbocycles. The molecule has 0 aliphatic heterocycles. The second-order valence-electron chi connectivity index (χ2n) is 5.17. The van der Waals surface area contributed by atoms with Gasteiger partial charge in [0.25, 0.3) is 5.69 Å². The molecule has 0 amide bonds. The highest BCUT2D eigenvalue weighted by molar-refractivity contribution is 5.99. The lowest BCUT2D eigenvalue weighted by Gasteiger charge is -2.10. The molecule has 0 unspecified atom stereocenters. The predicted molar refractivity (Wildman–Crippen MR) is 87.5 cm³/mol. The van der Waals surface area contributed by atoms with Gasteiger partial charge in [-0.1, -0.05) is 6.07 Å². The number of nitro groups is 1. The molecule has 0 radical (unpaired) electrons. The number of nitro benzene ring substituents is 1. The van der Waals surface area contributed by atoms with Gasteiger partial charge in [-0.3, -0.25) is 10.1 Å². The van der Waals surface area contributed by atoms with E-state index in [-0.39, 0.29) is 16.9 Å². The number of rotatable bonds is 3. The molecule has 0 saturated carbocycles. The van der Waals surface area contributed by atoms with Crippen LogP contribution in [0.3, 0.4) is 0 Å². The van der Waals surface area contributed by atoms with Crippen LogP contribution < -0.4 is 5.32 Å². The molecule has 118 valence electrons. The number of aromatic nitrogens is 1. The highest BCUT2D eigenvalue weighted by Crippen LogP contribution is 2.33. The number of aryl methyl sites for hydroxylation is 1. The molecule has 24 heavy (non-hydrogen) atoms. The summed E-state index contributed by atoms with van der Waals surface area (Å²) in [5.41, 5.74) is 0.875. The minimum atomic E-state index is -0.602. The molecule has 7 heteroatoms. The Balaban J connectivity index is 2.13. The zero-order valence-electron chi connectivity index (χ0n) is 12.6. The van der Waals surface area contributed by atoms with Gasteiger partial charge < -0.3 is 5.32 Å². The van der Waals surface area contributed by atoms with E-state index in [1.807, 2.05) is 6.07 Å². The predicted octanol–water partition coefficient (Wildman–Crippen LogP) is 4.21. The molecule has 0 aliphatic carbocycles. The Hall–Kier alpha value is -3.53. The summed E-state index contributed by atoms with van der Waals surface area (Å²) in [5, 5.41) is 23.9. The molecule has 1 aromatic heterocycles. The van der Waals surface area contributed by atoms with E-state index < -0.39 is 10.7 Å². The summed E-state index contributed by atoms with van der Waals surface area (Å²) in [6.07, 6.45) is 1.43. The van der Waals surface area contributed by atoms with Crippen molar-refractivity contribution in [2.24, 2.45) is 0 Å². The van der Waals surface area contributed by atoms with Crippen LogP contribution in [-0.2, 0) is 0 Å². The maximum Gasteiger partial charge on any atom is 0.280 e. The van der Waals surface area contributed by atoms with Crippen molar-refractivity contribution in [3.05, 3.63) is 69.7 Å². The molecule has 1 N–H and O–H groups in total. The lowest BCUT2D eigenvalue weighted by atomic mass is 10.1. The number of fused-ring (bicyclic) bond motifs is 1. The first-order chi connectivity index (χ1) is 11.5. The van der Waals surface area contributed by atoms with E-state index >= 15 is 0 Å². The third-order valence-corrected chi connectivity index (χ3v) is 3.65. The monoisotopic (exact) mass is 322 g/mol. The van der Waals surface area contributed by atoms with Gasteiger partial charge in [-0.25, -0.2) is 9.37 Å². The number of nitriles is 1. The summed E-state index contributed by atoms with van der Waals surface area (Å²) < 4.78 is 14.0. The van der Waals surface area contributed by atoms with E-state index in [2.05, 4.69) is 10.3 Å². The van der Waals surface area contributed by atoms with Crippen LogP contribution in [0.2, 0.25) is 0 Å². The average molecular weight is 322 g/mol. The van der Waals surface area contributed by atoms with Crippen molar-refractivity contribution in [3.63, 3.8) is 0 Å². The Morgan fingerprint density at radius 2 is 2.04 bits per heavy atom. The lowest BCUT2D eigenvalue weighted by Crippen LogP contribution is -1.99. The smallest absolute Gasteiger partial charge is 0.280 e. The SMILES string of the molecule is Cc1ccc2c(Nc3ccc(C#N)cc3F)nccc2c1[N+](=O)[O-]. The first-order valence-corrected chi connectivity index (χ1v) is 7.00. The second-order valence-corrected chi connectivity index (χ2v) is 5.17. The fraction of sp³-hybridized carbons (Fsp3) is 0.0588. The van der Waals surface area contributed by atoms with Crippen LogP contribution in [0.1, 0.15) is 11.1 Å². The van der Waals surface area contributed by atoms with Crippen molar-refractivity contribution in [1.29, 1.82) is 5.26 Å². The molecule has 3 aromatic rings. The number of hydrogen-bond acceptors (Lipinski definition) is 5. The van der Waals surface area contributed by atoms with Gasteiger partial charge in [0.05, 0.1) is 27.6 Å². The number of benzene rings is 2. The third kappa shape index (κ3) is 2.61. The minimum Gasteiger partial charge on any atom is -0.337 e. The number of nitrogens with zero attached hydrogens (tertiary/aromatic N) is 3. The van der Waals surface area contributed by atoms with Gasteiger partial charge >= 0.3 is 0 Å².